The number of hydrogen-bond acceptors (Lipinski definition) is 2. The molecule has 0 radical (unpaired) electrons. The van der Waals surface area contributed by atoms with E-state index in [-0.39, 0.29) is 18.3 Å². The Kier molecular flexibility index (Phi) is 4.92. The number of anilines is 1. The fraction of sp³-hybridized carbons (Fsp3) is 0.562. The van der Waals surface area contributed by atoms with E-state index in [1.54, 1.807) is 0 Å². The molecule has 1 N–H and O–H groups in total. The first-order chi connectivity index (χ1) is 9.27. The lowest BCUT2D eigenvalue weighted by Crippen LogP contribution is -2.36. The third kappa shape index (κ3) is 2.78. The van der Waals surface area contributed by atoms with Crippen molar-refractivity contribution in [3.05, 3.63) is 29.3 Å². The summed E-state index contributed by atoms with van der Waals surface area (Å²) >= 11 is 0. The predicted octanol–water partition coefficient (Wildman–Crippen LogP) is 3.48. The molecule has 1 aromatic carbocycles. The summed E-state index contributed by atoms with van der Waals surface area (Å²) in [5.41, 5.74) is 3.26. The molecule has 4 heteroatoms. The Bertz CT molecular complexity index is 483. The van der Waals surface area contributed by atoms with Crippen LogP contribution in [0, 0.1) is 0 Å². The summed E-state index contributed by atoms with van der Waals surface area (Å²) in [6.07, 6.45) is 6.98. The van der Waals surface area contributed by atoms with Crippen molar-refractivity contribution in [1.82, 2.24) is 4.90 Å². The molecule has 2 aliphatic rings. The van der Waals surface area contributed by atoms with E-state index in [1.807, 2.05) is 24.1 Å². The average molecular weight is 295 g/mol. The topological polar surface area (TPSA) is 32.3 Å². The maximum Gasteiger partial charge on any atom is 0.254 e. The van der Waals surface area contributed by atoms with Gasteiger partial charge in [-0.25, -0.2) is 0 Å². The molecule has 110 valence electrons. The molecule has 0 unspecified atom stereocenters. The molecule has 0 atom stereocenters. The van der Waals surface area contributed by atoms with Crippen LogP contribution in [0.5, 0.6) is 0 Å². The van der Waals surface area contributed by atoms with Crippen LogP contribution in [-0.4, -0.2) is 30.4 Å². The Hall–Kier alpha value is -1.22. The molecular weight excluding hydrogens is 272 g/mol. The molecule has 1 aromatic rings. The molecule has 3 rings (SSSR count). The van der Waals surface area contributed by atoms with E-state index in [1.165, 1.54) is 18.4 Å². The van der Waals surface area contributed by atoms with Gasteiger partial charge in [-0.3, -0.25) is 4.79 Å². The van der Waals surface area contributed by atoms with Crippen LogP contribution in [-0.2, 0) is 6.42 Å². The van der Waals surface area contributed by atoms with E-state index < -0.39 is 0 Å². The predicted molar refractivity (Wildman–Crippen MR) is 84.9 cm³/mol. The summed E-state index contributed by atoms with van der Waals surface area (Å²) in [6.45, 7) is 1.02. The number of nitrogens with zero attached hydrogens (tertiary/aromatic N) is 1. The number of carbonyl (C=O) groups is 1. The average Bonchev–Trinajstić information content (AvgIpc) is 2.99. The van der Waals surface area contributed by atoms with Crippen molar-refractivity contribution in [3.8, 4) is 0 Å². The summed E-state index contributed by atoms with van der Waals surface area (Å²) in [6, 6.07) is 6.51. The molecule has 1 saturated carbocycles. The highest BCUT2D eigenvalue weighted by molar-refractivity contribution is 5.97. The van der Waals surface area contributed by atoms with E-state index in [2.05, 4.69) is 11.4 Å². The first-order valence-electron chi connectivity index (χ1n) is 7.40. The van der Waals surface area contributed by atoms with E-state index in [4.69, 9.17) is 0 Å². The molecule has 1 heterocycles. The Labute approximate surface area is 127 Å². The number of amides is 1. The first kappa shape index (κ1) is 15.2. The molecule has 3 nitrogen and oxygen atoms in total. The highest BCUT2D eigenvalue weighted by Gasteiger charge is 2.26. The second kappa shape index (κ2) is 6.49. The Morgan fingerprint density at radius 3 is 2.75 bits per heavy atom. The van der Waals surface area contributed by atoms with Crippen LogP contribution in [0.4, 0.5) is 5.69 Å². The minimum atomic E-state index is 0. The van der Waals surface area contributed by atoms with Gasteiger partial charge in [-0.05, 0) is 43.4 Å². The number of carbonyl (C=O) groups excluding carboxylic acids is 1. The minimum Gasteiger partial charge on any atom is -0.385 e. The van der Waals surface area contributed by atoms with Crippen LogP contribution >= 0.6 is 12.4 Å². The third-order valence-electron chi connectivity index (χ3n) is 4.52. The van der Waals surface area contributed by atoms with Crippen molar-refractivity contribution in [2.75, 3.05) is 18.9 Å². The molecule has 0 bridgehead atoms. The highest BCUT2D eigenvalue weighted by atomic mass is 35.5. The summed E-state index contributed by atoms with van der Waals surface area (Å²) in [7, 11) is 1.97. The smallest absolute Gasteiger partial charge is 0.254 e. The molecule has 1 amide bonds. The zero-order chi connectivity index (χ0) is 13.2. The number of fused-ring (bicyclic) bond motifs is 1. The van der Waals surface area contributed by atoms with Crippen LogP contribution in [0.15, 0.2) is 18.2 Å². The Morgan fingerprint density at radius 2 is 2.00 bits per heavy atom. The van der Waals surface area contributed by atoms with E-state index in [0.717, 1.165) is 43.5 Å². The molecule has 20 heavy (non-hydrogen) atoms. The van der Waals surface area contributed by atoms with Crippen LogP contribution in [0.25, 0.3) is 0 Å². The fourth-order valence-electron chi connectivity index (χ4n) is 3.36. The molecule has 1 fully saturated rings. The summed E-state index contributed by atoms with van der Waals surface area (Å²) < 4.78 is 0. The third-order valence-corrected chi connectivity index (χ3v) is 4.52. The van der Waals surface area contributed by atoms with Crippen molar-refractivity contribution in [2.45, 2.75) is 44.6 Å². The van der Waals surface area contributed by atoms with Crippen molar-refractivity contribution in [1.29, 1.82) is 0 Å². The minimum absolute atomic E-state index is 0. The molecular formula is C16H23ClN2O. The Balaban J connectivity index is 0.00000147. The lowest BCUT2D eigenvalue weighted by atomic mass is 9.96. The fourth-order valence-corrected chi connectivity index (χ4v) is 3.36. The normalized spacial score (nSPS) is 17.9. The van der Waals surface area contributed by atoms with Gasteiger partial charge in [0, 0.05) is 30.9 Å². The van der Waals surface area contributed by atoms with E-state index in [0.29, 0.717) is 6.04 Å². The zero-order valence-corrected chi connectivity index (χ0v) is 12.8. The molecule has 1 aliphatic carbocycles. The molecule has 0 spiro atoms. The summed E-state index contributed by atoms with van der Waals surface area (Å²) in [4.78, 5) is 14.7. The molecule has 0 saturated heterocycles. The lowest BCUT2D eigenvalue weighted by Gasteiger charge is -2.27. The van der Waals surface area contributed by atoms with Crippen molar-refractivity contribution < 1.29 is 4.79 Å². The number of benzene rings is 1. The van der Waals surface area contributed by atoms with Gasteiger partial charge in [0.15, 0.2) is 0 Å². The number of halogens is 1. The van der Waals surface area contributed by atoms with Gasteiger partial charge < -0.3 is 10.2 Å². The van der Waals surface area contributed by atoms with Gasteiger partial charge >= 0.3 is 0 Å². The molecule has 0 aromatic heterocycles. The monoisotopic (exact) mass is 294 g/mol. The quantitative estimate of drug-likeness (QED) is 0.906. The summed E-state index contributed by atoms with van der Waals surface area (Å²) in [5, 5.41) is 3.40. The number of nitrogens with one attached hydrogen (secondary N) is 1. The number of hydrogen-bond donors (Lipinski definition) is 1. The van der Waals surface area contributed by atoms with E-state index >= 15 is 0 Å². The van der Waals surface area contributed by atoms with Gasteiger partial charge in [-0.1, -0.05) is 18.9 Å². The SMILES string of the molecule is CN(C(=O)c1cccc2c1CCCN2)C1CCCC1.Cl. The summed E-state index contributed by atoms with van der Waals surface area (Å²) in [5.74, 6) is 0.201. The van der Waals surface area contributed by atoms with Crippen LogP contribution in [0.3, 0.4) is 0 Å². The van der Waals surface area contributed by atoms with Gasteiger partial charge in [-0.15, -0.1) is 12.4 Å². The number of rotatable bonds is 2. The van der Waals surface area contributed by atoms with Crippen molar-refractivity contribution >= 4 is 24.0 Å². The van der Waals surface area contributed by atoms with Crippen molar-refractivity contribution in [2.24, 2.45) is 0 Å². The van der Waals surface area contributed by atoms with Crippen molar-refractivity contribution in [3.63, 3.8) is 0 Å². The first-order valence-corrected chi connectivity index (χ1v) is 7.40. The van der Waals surface area contributed by atoms with Gasteiger partial charge in [0.1, 0.15) is 0 Å². The Morgan fingerprint density at radius 1 is 1.25 bits per heavy atom. The van der Waals surface area contributed by atoms with Gasteiger partial charge in [-0.2, -0.15) is 0 Å². The van der Waals surface area contributed by atoms with Gasteiger partial charge in [0.25, 0.3) is 5.91 Å². The zero-order valence-electron chi connectivity index (χ0n) is 12.0. The van der Waals surface area contributed by atoms with Gasteiger partial charge in [0.05, 0.1) is 0 Å². The van der Waals surface area contributed by atoms with Gasteiger partial charge in [0.2, 0.25) is 0 Å². The highest BCUT2D eigenvalue weighted by Crippen LogP contribution is 2.28. The molecule has 1 aliphatic heterocycles. The second-order valence-electron chi connectivity index (χ2n) is 5.72. The largest absolute Gasteiger partial charge is 0.385 e. The second-order valence-corrected chi connectivity index (χ2v) is 5.72. The lowest BCUT2D eigenvalue weighted by molar-refractivity contribution is 0.0734. The standard InChI is InChI=1S/C16H22N2O.ClH/c1-18(12-6-2-3-7-12)16(19)14-8-4-10-15-13(14)9-5-11-17-15;/h4,8,10,12,17H,2-3,5-7,9,11H2,1H3;1H. The maximum absolute atomic E-state index is 12.7. The van der Waals surface area contributed by atoms with Crippen LogP contribution in [0.2, 0.25) is 0 Å². The maximum atomic E-state index is 12.7. The van der Waals surface area contributed by atoms with Crippen LogP contribution < -0.4 is 5.32 Å². The van der Waals surface area contributed by atoms with Crippen LogP contribution in [0.1, 0.15) is 48.0 Å². The van der Waals surface area contributed by atoms with E-state index in [9.17, 15) is 4.79 Å².